The van der Waals surface area contributed by atoms with Gasteiger partial charge in [-0.25, -0.2) is 0 Å². The molecule has 4 aromatic carbocycles. The molecule has 0 bridgehead atoms. The van der Waals surface area contributed by atoms with Gasteiger partial charge >= 0.3 is 0 Å². The van der Waals surface area contributed by atoms with E-state index in [9.17, 15) is 30.0 Å². The van der Waals surface area contributed by atoms with Gasteiger partial charge in [-0.2, -0.15) is 0 Å². The summed E-state index contributed by atoms with van der Waals surface area (Å²) in [6.45, 7) is 3.63. The maximum absolute atomic E-state index is 13.6. The third-order valence-corrected chi connectivity index (χ3v) is 7.57. The van der Waals surface area contributed by atoms with Crippen molar-refractivity contribution in [3.05, 3.63) is 105 Å². The summed E-state index contributed by atoms with van der Waals surface area (Å²) >= 11 is 0. The average Bonchev–Trinajstić information content (AvgIpc) is 2.97. The molecule has 6 aromatic rings. The molecule has 3 heterocycles. The predicted molar refractivity (Wildman–Crippen MR) is 165 cm³/mol. The Morgan fingerprint density at radius 3 is 2.16 bits per heavy atom. The zero-order valence-electron chi connectivity index (χ0n) is 23.4. The normalized spacial score (nSPS) is 13.6. The minimum atomic E-state index is -0.822. The number of benzene rings is 4. The molecule has 1 aliphatic rings. The number of phenols is 4. The summed E-state index contributed by atoms with van der Waals surface area (Å²) in [5.41, 5.74) is -0.0562. The largest absolute Gasteiger partial charge is 0.508 e. The quantitative estimate of drug-likeness (QED) is 0.173. The van der Waals surface area contributed by atoms with E-state index in [1.165, 1.54) is 48.5 Å². The molecule has 218 valence electrons. The number of hydrogen-bond acceptors (Lipinski definition) is 9. The first-order chi connectivity index (χ1) is 21.0. The zero-order chi connectivity index (χ0) is 30.9. The van der Waals surface area contributed by atoms with Crippen molar-refractivity contribution in [1.82, 2.24) is 0 Å². The Morgan fingerprint density at radius 2 is 1.39 bits per heavy atom. The molecule has 0 unspecified atom stereocenters. The van der Waals surface area contributed by atoms with Crippen LogP contribution >= 0.6 is 0 Å². The second-order valence-electron chi connectivity index (χ2n) is 11.1. The lowest BCUT2D eigenvalue weighted by atomic mass is 9.91. The third-order valence-electron chi connectivity index (χ3n) is 7.57. The van der Waals surface area contributed by atoms with Crippen LogP contribution in [-0.2, 0) is 0 Å². The Hall–Kier alpha value is -5.96. The van der Waals surface area contributed by atoms with E-state index in [1.54, 1.807) is 36.4 Å². The van der Waals surface area contributed by atoms with E-state index < -0.39 is 11.0 Å². The van der Waals surface area contributed by atoms with Gasteiger partial charge in [0.1, 0.15) is 56.8 Å². The van der Waals surface area contributed by atoms with Crippen LogP contribution in [0, 0.1) is 0 Å². The van der Waals surface area contributed by atoms with Crippen LogP contribution in [0.25, 0.3) is 61.8 Å². The lowest BCUT2D eigenvalue weighted by Crippen LogP contribution is -2.28. The number of fused-ring (bicyclic) bond motifs is 3. The lowest BCUT2D eigenvalue weighted by molar-refractivity contribution is 0.159. The summed E-state index contributed by atoms with van der Waals surface area (Å²) in [7, 11) is 0. The molecule has 0 aliphatic carbocycles. The monoisotopic (exact) mass is 588 g/mol. The third kappa shape index (κ3) is 4.33. The van der Waals surface area contributed by atoms with E-state index in [-0.39, 0.29) is 84.3 Å². The highest BCUT2D eigenvalue weighted by atomic mass is 16.5. The number of aromatic hydroxyl groups is 4. The molecular weight excluding hydrogens is 564 g/mol. The van der Waals surface area contributed by atoms with Gasteiger partial charge in [0, 0.05) is 34.9 Å². The van der Waals surface area contributed by atoms with Crippen LogP contribution in [0.5, 0.6) is 28.7 Å². The highest BCUT2D eigenvalue weighted by molar-refractivity contribution is 6.05. The van der Waals surface area contributed by atoms with Gasteiger partial charge in [0.2, 0.25) is 0 Å². The molecule has 0 saturated carbocycles. The van der Waals surface area contributed by atoms with E-state index >= 15 is 0 Å². The zero-order valence-corrected chi connectivity index (χ0v) is 23.4. The highest BCUT2D eigenvalue weighted by Crippen LogP contribution is 2.51. The molecule has 44 heavy (non-hydrogen) atoms. The molecule has 7 rings (SSSR count). The first-order valence-corrected chi connectivity index (χ1v) is 13.6. The first-order valence-electron chi connectivity index (χ1n) is 13.6. The molecule has 0 amide bonds. The Labute approximate surface area is 248 Å². The summed E-state index contributed by atoms with van der Waals surface area (Å²) in [4.78, 5) is 26.5. The van der Waals surface area contributed by atoms with Crippen molar-refractivity contribution in [2.24, 2.45) is 0 Å². The van der Waals surface area contributed by atoms with Crippen molar-refractivity contribution in [2.75, 3.05) is 0 Å². The van der Waals surface area contributed by atoms with Gasteiger partial charge in [-0.1, -0.05) is 0 Å². The molecule has 0 saturated heterocycles. The summed E-state index contributed by atoms with van der Waals surface area (Å²) in [6, 6.07) is 17.4. The molecule has 0 radical (unpaired) electrons. The van der Waals surface area contributed by atoms with Gasteiger partial charge in [-0.3, -0.25) is 9.59 Å². The smallest absolute Gasteiger partial charge is 0.197 e. The summed E-state index contributed by atoms with van der Waals surface area (Å²) in [5, 5.41) is 42.4. The number of rotatable bonds is 3. The van der Waals surface area contributed by atoms with Crippen LogP contribution in [0.3, 0.4) is 0 Å². The van der Waals surface area contributed by atoms with Crippen LogP contribution < -0.4 is 15.6 Å². The van der Waals surface area contributed by atoms with Crippen molar-refractivity contribution in [3.8, 4) is 62.5 Å². The Kier molecular flexibility index (Phi) is 5.83. The standard InChI is InChI=1S/C35H24O9/c1-35(2)12-11-22-32(41)31-26(40)16-27(17-3-6-19(36)7-4-17)43-34(31)30(33(22)44-35)23-13-18(5-10-24(23)38)28-15-25(39)21-9-8-20(37)14-29(21)42-28/h3-16,36-38,41H,1-2H3. The topological polar surface area (TPSA) is 151 Å². The molecule has 0 fully saturated rings. The minimum absolute atomic E-state index is 0.0315. The Morgan fingerprint density at radius 1 is 0.705 bits per heavy atom. The Bertz CT molecular complexity index is 2310. The fourth-order valence-corrected chi connectivity index (χ4v) is 5.40. The average molecular weight is 589 g/mol. The molecule has 1 aliphatic heterocycles. The maximum Gasteiger partial charge on any atom is 0.197 e. The predicted octanol–water partition coefficient (Wildman–Crippen LogP) is 6.91. The minimum Gasteiger partial charge on any atom is -0.508 e. The molecule has 0 spiro atoms. The van der Waals surface area contributed by atoms with Gasteiger partial charge in [-0.05, 0) is 80.6 Å². The van der Waals surface area contributed by atoms with E-state index in [1.807, 2.05) is 13.8 Å². The maximum atomic E-state index is 13.6. The number of phenolic OH excluding ortho intramolecular Hbond substituents is 4. The number of hydrogen-bond donors (Lipinski definition) is 4. The van der Waals surface area contributed by atoms with Gasteiger partial charge in [0.05, 0.1) is 16.5 Å². The van der Waals surface area contributed by atoms with Crippen LogP contribution in [0.1, 0.15) is 19.4 Å². The van der Waals surface area contributed by atoms with Crippen LogP contribution in [0.15, 0.2) is 97.3 Å². The second kappa shape index (κ2) is 9.53. The van der Waals surface area contributed by atoms with Crippen LogP contribution in [0.4, 0.5) is 0 Å². The SMILES string of the molecule is CC1(C)C=Cc2c(c(-c3cc(-c4cc(=O)c5ccc(O)cc5o4)ccc3O)c3oc(-c4ccc(O)cc4)cc(=O)c3c2O)O1. The fraction of sp³-hybridized carbons (Fsp3) is 0.0857. The van der Waals surface area contributed by atoms with Gasteiger partial charge < -0.3 is 34.0 Å². The first kappa shape index (κ1) is 26.9. The van der Waals surface area contributed by atoms with Gasteiger partial charge in [0.25, 0.3) is 0 Å². The molecular formula is C35H24O9. The van der Waals surface area contributed by atoms with Crippen LogP contribution in [-0.4, -0.2) is 26.0 Å². The van der Waals surface area contributed by atoms with E-state index in [0.29, 0.717) is 11.1 Å². The fourth-order valence-electron chi connectivity index (χ4n) is 5.40. The number of ether oxygens (including phenoxy) is 1. The van der Waals surface area contributed by atoms with Crippen molar-refractivity contribution in [3.63, 3.8) is 0 Å². The second-order valence-corrected chi connectivity index (χ2v) is 11.1. The molecule has 9 nitrogen and oxygen atoms in total. The van der Waals surface area contributed by atoms with Crippen LogP contribution in [0.2, 0.25) is 0 Å². The summed E-state index contributed by atoms with van der Waals surface area (Å²) in [5.74, 6) is -0.0817. The molecule has 2 aromatic heterocycles. The van der Waals surface area contributed by atoms with E-state index in [4.69, 9.17) is 13.6 Å². The highest BCUT2D eigenvalue weighted by Gasteiger charge is 2.32. The summed E-state index contributed by atoms with van der Waals surface area (Å²) < 4.78 is 18.6. The van der Waals surface area contributed by atoms with Crippen molar-refractivity contribution in [1.29, 1.82) is 0 Å². The van der Waals surface area contributed by atoms with Gasteiger partial charge in [0.15, 0.2) is 16.4 Å². The molecule has 9 heteroatoms. The van der Waals surface area contributed by atoms with E-state index in [0.717, 1.165) is 0 Å². The van der Waals surface area contributed by atoms with Crippen molar-refractivity contribution >= 4 is 28.0 Å². The molecule has 0 atom stereocenters. The summed E-state index contributed by atoms with van der Waals surface area (Å²) in [6.07, 6.45) is 3.40. The Balaban J connectivity index is 1.55. The van der Waals surface area contributed by atoms with E-state index in [2.05, 4.69) is 0 Å². The lowest BCUT2D eigenvalue weighted by Gasteiger charge is -2.30. The van der Waals surface area contributed by atoms with Gasteiger partial charge in [-0.15, -0.1) is 0 Å². The van der Waals surface area contributed by atoms with Crippen molar-refractivity contribution < 1.29 is 34.0 Å². The molecule has 4 N–H and O–H groups in total. The van der Waals surface area contributed by atoms with Crippen molar-refractivity contribution in [2.45, 2.75) is 19.4 Å².